The van der Waals surface area contributed by atoms with Crippen molar-refractivity contribution in [2.45, 2.75) is 25.8 Å². The first-order valence-corrected chi connectivity index (χ1v) is 6.31. The van der Waals surface area contributed by atoms with Gasteiger partial charge >= 0.3 is 0 Å². The maximum Gasteiger partial charge on any atom is 0.179 e. The third kappa shape index (κ3) is 1.82. The van der Waals surface area contributed by atoms with Crippen LogP contribution in [0.25, 0.3) is 11.2 Å². The first-order chi connectivity index (χ1) is 8.65. The molecule has 0 amide bonds. The fraction of sp³-hybridized carbons (Fsp3) is 0.583. The molecule has 6 heteroatoms. The molecule has 1 aliphatic rings. The number of nitrogens with zero attached hydrogens (tertiary/aromatic N) is 5. The van der Waals surface area contributed by atoms with Gasteiger partial charge in [-0.25, -0.2) is 14.6 Å². The molecule has 3 rings (SSSR count). The summed E-state index contributed by atoms with van der Waals surface area (Å²) in [5.74, 6) is 0.483. The second kappa shape index (κ2) is 4.20. The van der Waals surface area contributed by atoms with Gasteiger partial charge in [0, 0.05) is 6.20 Å². The first-order valence-electron chi connectivity index (χ1n) is 6.31. The maximum atomic E-state index is 5.92. The summed E-state index contributed by atoms with van der Waals surface area (Å²) in [5.41, 5.74) is 8.36. The predicted octanol–water partition coefficient (Wildman–Crippen LogP) is 0.984. The lowest BCUT2D eigenvalue weighted by Gasteiger charge is -2.29. The standard InChI is InChI=1S/C12H18N6/c1-8-7-14-10-11(13)16-18(12(10)15-8)9-3-5-17(2)6-4-9/h7,9H,3-6H2,1-2H3,(H2,13,16). The minimum absolute atomic E-state index is 0.386. The molecule has 3 heterocycles. The Morgan fingerprint density at radius 3 is 2.78 bits per heavy atom. The molecule has 0 unspecified atom stereocenters. The van der Waals surface area contributed by atoms with Crippen LogP contribution in [-0.2, 0) is 0 Å². The van der Waals surface area contributed by atoms with E-state index < -0.39 is 0 Å². The number of rotatable bonds is 1. The lowest BCUT2D eigenvalue weighted by atomic mass is 10.1. The molecule has 0 aliphatic carbocycles. The highest BCUT2D eigenvalue weighted by molar-refractivity contribution is 5.81. The van der Waals surface area contributed by atoms with Gasteiger partial charge < -0.3 is 10.6 Å². The third-order valence-electron chi connectivity index (χ3n) is 3.58. The highest BCUT2D eigenvalue weighted by Crippen LogP contribution is 2.26. The Morgan fingerprint density at radius 2 is 2.06 bits per heavy atom. The topological polar surface area (TPSA) is 72.9 Å². The molecule has 0 bridgehead atoms. The van der Waals surface area contributed by atoms with Crippen molar-refractivity contribution in [2.75, 3.05) is 25.9 Å². The summed E-state index contributed by atoms with van der Waals surface area (Å²) in [6, 6.07) is 0.386. The van der Waals surface area contributed by atoms with Crippen LogP contribution in [0.1, 0.15) is 24.6 Å². The smallest absolute Gasteiger partial charge is 0.179 e. The molecular weight excluding hydrogens is 228 g/mol. The van der Waals surface area contributed by atoms with E-state index in [9.17, 15) is 0 Å². The van der Waals surface area contributed by atoms with Crippen molar-refractivity contribution in [2.24, 2.45) is 0 Å². The van der Waals surface area contributed by atoms with Gasteiger partial charge in [0.15, 0.2) is 17.0 Å². The molecule has 0 spiro atoms. The normalized spacial score (nSPS) is 18.6. The monoisotopic (exact) mass is 246 g/mol. The summed E-state index contributed by atoms with van der Waals surface area (Å²) in [5, 5.41) is 4.43. The Bertz CT molecular complexity index is 567. The van der Waals surface area contributed by atoms with Crippen LogP contribution >= 0.6 is 0 Å². The number of nitrogens with two attached hydrogens (primary N) is 1. The number of aryl methyl sites for hydroxylation is 1. The Labute approximate surface area is 106 Å². The zero-order valence-electron chi connectivity index (χ0n) is 10.8. The van der Waals surface area contributed by atoms with E-state index in [4.69, 9.17) is 5.73 Å². The van der Waals surface area contributed by atoms with Gasteiger partial charge in [0.05, 0.1) is 11.7 Å². The molecule has 96 valence electrons. The minimum atomic E-state index is 0.386. The minimum Gasteiger partial charge on any atom is -0.380 e. The van der Waals surface area contributed by atoms with Gasteiger partial charge in [0.25, 0.3) is 0 Å². The zero-order chi connectivity index (χ0) is 12.7. The molecule has 6 nitrogen and oxygen atoms in total. The van der Waals surface area contributed by atoms with Crippen molar-refractivity contribution in [3.8, 4) is 0 Å². The van der Waals surface area contributed by atoms with Crippen LogP contribution < -0.4 is 5.73 Å². The Hall–Kier alpha value is -1.69. The van der Waals surface area contributed by atoms with Crippen LogP contribution in [0.5, 0.6) is 0 Å². The molecular formula is C12H18N6. The molecule has 1 fully saturated rings. The van der Waals surface area contributed by atoms with E-state index in [-0.39, 0.29) is 0 Å². The zero-order valence-corrected chi connectivity index (χ0v) is 10.8. The summed E-state index contributed by atoms with van der Waals surface area (Å²) in [6.07, 6.45) is 3.91. The van der Waals surface area contributed by atoms with Crippen LogP contribution in [0.3, 0.4) is 0 Å². The number of hydrogen-bond donors (Lipinski definition) is 1. The molecule has 1 aliphatic heterocycles. The first kappa shape index (κ1) is 11.4. The average Bonchev–Trinajstić information content (AvgIpc) is 2.67. The quantitative estimate of drug-likeness (QED) is 0.812. The van der Waals surface area contributed by atoms with E-state index in [2.05, 4.69) is 27.0 Å². The summed E-state index contributed by atoms with van der Waals surface area (Å²) >= 11 is 0. The predicted molar refractivity (Wildman–Crippen MR) is 70.2 cm³/mol. The van der Waals surface area contributed by atoms with Crippen molar-refractivity contribution in [3.63, 3.8) is 0 Å². The van der Waals surface area contributed by atoms with Crippen LogP contribution in [-0.4, -0.2) is 44.8 Å². The number of anilines is 1. The van der Waals surface area contributed by atoms with Crippen molar-refractivity contribution in [3.05, 3.63) is 11.9 Å². The number of fused-ring (bicyclic) bond motifs is 1. The third-order valence-corrected chi connectivity index (χ3v) is 3.58. The Kier molecular flexibility index (Phi) is 2.66. The molecule has 18 heavy (non-hydrogen) atoms. The van der Waals surface area contributed by atoms with Crippen LogP contribution in [0.15, 0.2) is 6.20 Å². The number of likely N-dealkylation sites (tertiary alicyclic amines) is 1. The van der Waals surface area contributed by atoms with E-state index in [1.54, 1.807) is 6.20 Å². The van der Waals surface area contributed by atoms with Crippen molar-refractivity contribution >= 4 is 17.0 Å². The highest BCUT2D eigenvalue weighted by Gasteiger charge is 2.22. The van der Waals surface area contributed by atoms with Crippen LogP contribution in [0.2, 0.25) is 0 Å². The van der Waals surface area contributed by atoms with Crippen LogP contribution in [0.4, 0.5) is 5.82 Å². The largest absolute Gasteiger partial charge is 0.380 e. The van der Waals surface area contributed by atoms with E-state index in [1.165, 1.54) is 0 Å². The van der Waals surface area contributed by atoms with E-state index in [1.807, 2.05) is 11.6 Å². The summed E-state index contributed by atoms with van der Waals surface area (Å²) < 4.78 is 1.97. The van der Waals surface area contributed by atoms with Gasteiger partial charge in [0.2, 0.25) is 0 Å². The number of aromatic nitrogens is 4. The van der Waals surface area contributed by atoms with Gasteiger partial charge in [-0.05, 0) is 39.9 Å². The molecule has 2 N–H and O–H groups in total. The van der Waals surface area contributed by atoms with Gasteiger partial charge in [-0.1, -0.05) is 0 Å². The van der Waals surface area contributed by atoms with E-state index >= 15 is 0 Å². The Balaban J connectivity index is 2.03. The number of hydrogen-bond acceptors (Lipinski definition) is 5. The van der Waals surface area contributed by atoms with Gasteiger partial charge in [-0.3, -0.25) is 0 Å². The molecule has 2 aromatic heterocycles. The van der Waals surface area contributed by atoms with Crippen LogP contribution in [0, 0.1) is 6.92 Å². The van der Waals surface area contributed by atoms with Crippen molar-refractivity contribution in [1.29, 1.82) is 0 Å². The van der Waals surface area contributed by atoms with Gasteiger partial charge in [-0.2, -0.15) is 5.10 Å². The lowest BCUT2D eigenvalue weighted by molar-refractivity contribution is 0.215. The highest BCUT2D eigenvalue weighted by atomic mass is 15.4. The van der Waals surface area contributed by atoms with Crippen molar-refractivity contribution in [1.82, 2.24) is 24.6 Å². The van der Waals surface area contributed by atoms with E-state index in [0.717, 1.165) is 42.8 Å². The fourth-order valence-corrected chi connectivity index (χ4v) is 2.51. The van der Waals surface area contributed by atoms with E-state index in [0.29, 0.717) is 11.9 Å². The van der Waals surface area contributed by atoms with Gasteiger partial charge in [0.1, 0.15) is 0 Å². The van der Waals surface area contributed by atoms with Crippen molar-refractivity contribution < 1.29 is 0 Å². The lowest BCUT2D eigenvalue weighted by Crippen LogP contribution is -2.32. The second-order valence-electron chi connectivity index (χ2n) is 5.05. The molecule has 2 aromatic rings. The SMILES string of the molecule is Cc1cnc2c(N)nn(C3CCN(C)CC3)c2n1. The molecule has 0 aromatic carbocycles. The number of piperidine rings is 1. The number of nitrogen functional groups attached to an aromatic ring is 1. The average molecular weight is 246 g/mol. The molecule has 1 saturated heterocycles. The summed E-state index contributed by atoms with van der Waals surface area (Å²) in [4.78, 5) is 11.2. The molecule has 0 radical (unpaired) electrons. The fourth-order valence-electron chi connectivity index (χ4n) is 2.51. The van der Waals surface area contributed by atoms with Gasteiger partial charge in [-0.15, -0.1) is 0 Å². The molecule has 0 atom stereocenters. The summed E-state index contributed by atoms with van der Waals surface area (Å²) in [6.45, 7) is 4.12. The maximum absolute atomic E-state index is 5.92. The summed E-state index contributed by atoms with van der Waals surface area (Å²) in [7, 11) is 2.15. The Morgan fingerprint density at radius 1 is 1.33 bits per heavy atom. The second-order valence-corrected chi connectivity index (χ2v) is 5.05. The molecule has 0 saturated carbocycles.